The van der Waals surface area contributed by atoms with Crippen molar-refractivity contribution in [2.24, 2.45) is 0 Å². The number of amides is 1. The Morgan fingerprint density at radius 3 is 2.57 bits per heavy atom. The monoisotopic (exact) mass is 374 g/mol. The molecule has 1 heterocycles. The second-order valence-corrected chi connectivity index (χ2v) is 6.45. The number of carbonyl (C=O) groups is 2. The fraction of sp³-hybridized carbons (Fsp3) is 0.214. The molecule has 1 atom stereocenters. The predicted octanol–water partition coefficient (Wildman–Crippen LogP) is 3.89. The lowest BCUT2D eigenvalue weighted by Gasteiger charge is -2.15. The maximum atomic E-state index is 11.9. The van der Waals surface area contributed by atoms with Gasteiger partial charge in [-0.3, -0.25) is 4.79 Å². The van der Waals surface area contributed by atoms with E-state index in [-0.39, 0.29) is 22.6 Å². The Kier molecular flexibility index (Phi) is 6.20. The van der Waals surface area contributed by atoms with Crippen LogP contribution < -0.4 is 5.32 Å². The Hall–Kier alpha value is -1.83. The van der Waals surface area contributed by atoms with Gasteiger partial charge in [0.2, 0.25) is 0 Å². The van der Waals surface area contributed by atoms with Crippen molar-refractivity contribution in [1.29, 1.82) is 0 Å². The second kappa shape index (κ2) is 8.14. The van der Waals surface area contributed by atoms with E-state index in [0.717, 1.165) is 16.9 Å². The van der Waals surface area contributed by atoms with Gasteiger partial charge in [0.05, 0.1) is 17.3 Å². The van der Waals surface area contributed by atoms with Crippen LogP contribution in [0.5, 0.6) is 0 Å². The van der Waals surface area contributed by atoms with Gasteiger partial charge in [-0.05, 0) is 5.56 Å². The third-order valence-electron chi connectivity index (χ3n) is 2.78. The highest BCUT2D eigenvalue weighted by atomic mass is 35.5. The lowest BCUT2D eigenvalue weighted by Crippen LogP contribution is -2.30. The second-order valence-electron chi connectivity index (χ2n) is 4.48. The molecule has 0 spiro atoms. The molecule has 23 heavy (non-hydrogen) atoms. The number of carboxylic acids is 1. The molecule has 6 nitrogen and oxygen atoms in total. The number of hydrogen-bond donors (Lipinski definition) is 2. The maximum Gasteiger partial charge on any atom is 0.407 e. The molecule has 0 radical (unpaired) electrons. The Labute approximate surface area is 146 Å². The van der Waals surface area contributed by atoms with Crippen LogP contribution in [-0.2, 0) is 16.1 Å². The minimum Gasteiger partial charge on any atom is -0.481 e. The largest absolute Gasteiger partial charge is 0.481 e. The summed E-state index contributed by atoms with van der Waals surface area (Å²) < 4.78 is 5.24. The number of nitrogens with one attached hydrogen (secondary N) is 1. The molecule has 1 amide bonds. The first-order valence-corrected chi connectivity index (χ1v) is 8.03. The molecule has 9 heteroatoms. The summed E-state index contributed by atoms with van der Waals surface area (Å²) in [6.45, 7) is 0.0731. The highest BCUT2D eigenvalue weighted by Gasteiger charge is 2.24. The van der Waals surface area contributed by atoms with Gasteiger partial charge in [-0.1, -0.05) is 53.5 Å². The molecule has 122 valence electrons. The van der Waals surface area contributed by atoms with Crippen molar-refractivity contribution in [2.45, 2.75) is 19.1 Å². The molecular weight excluding hydrogens is 363 g/mol. The Balaban J connectivity index is 2.01. The molecule has 0 aliphatic heterocycles. The van der Waals surface area contributed by atoms with Crippen molar-refractivity contribution in [3.05, 3.63) is 50.4 Å². The summed E-state index contributed by atoms with van der Waals surface area (Å²) in [4.78, 5) is 27.0. The zero-order valence-electron chi connectivity index (χ0n) is 11.7. The summed E-state index contributed by atoms with van der Waals surface area (Å²) >= 11 is 12.7. The number of nitrogens with zero attached hydrogens (tertiary/aromatic N) is 1. The van der Waals surface area contributed by atoms with Crippen molar-refractivity contribution < 1.29 is 19.4 Å². The normalized spacial score (nSPS) is 11.7. The first-order valence-electron chi connectivity index (χ1n) is 6.46. The number of halogens is 2. The highest BCUT2D eigenvalue weighted by Crippen LogP contribution is 2.33. The van der Waals surface area contributed by atoms with E-state index in [1.54, 1.807) is 0 Å². The number of carboxylic acid groups (broad SMARTS) is 1. The zero-order chi connectivity index (χ0) is 16.8. The van der Waals surface area contributed by atoms with Crippen LogP contribution in [0.4, 0.5) is 4.79 Å². The third-order valence-corrected chi connectivity index (χ3v) is 4.46. The van der Waals surface area contributed by atoms with Crippen LogP contribution in [0, 0.1) is 0 Å². The third kappa shape index (κ3) is 5.38. The predicted molar refractivity (Wildman–Crippen MR) is 86.9 cm³/mol. The summed E-state index contributed by atoms with van der Waals surface area (Å²) in [5.41, 5.74) is 0.816. The Morgan fingerprint density at radius 2 is 2.00 bits per heavy atom. The fourth-order valence-corrected chi connectivity index (χ4v) is 3.29. The number of benzene rings is 1. The number of aromatic nitrogens is 1. The zero-order valence-corrected chi connectivity index (χ0v) is 14.0. The Morgan fingerprint density at radius 1 is 1.30 bits per heavy atom. The summed E-state index contributed by atoms with van der Waals surface area (Å²) in [5, 5.41) is 11.5. The van der Waals surface area contributed by atoms with Crippen LogP contribution in [0.2, 0.25) is 9.62 Å². The van der Waals surface area contributed by atoms with Crippen LogP contribution >= 0.6 is 34.5 Å². The fourth-order valence-electron chi connectivity index (χ4n) is 1.79. The van der Waals surface area contributed by atoms with Gasteiger partial charge in [0, 0.05) is 0 Å². The van der Waals surface area contributed by atoms with E-state index in [2.05, 4.69) is 10.3 Å². The van der Waals surface area contributed by atoms with Crippen molar-refractivity contribution in [3.63, 3.8) is 0 Å². The van der Waals surface area contributed by atoms with Crippen molar-refractivity contribution in [3.8, 4) is 0 Å². The van der Waals surface area contributed by atoms with Gasteiger partial charge < -0.3 is 15.2 Å². The van der Waals surface area contributed by atoms with Gasteiger partial charge in [0.25, 0.3) is 0 Å². The first-order chi connectivity index (χ1) is 11.0. The van der Waals surface area contributed by atoms with Crippen LogP contribution in [-0.4, -0.2) is 22.2 Å². The lowest BCUT2D eigenvalue weighted by atomic mass is 10.2. The highest BCUT2D eigenvalue weighted by molar-refractivity contribution is 7.16. The molecule has 0 unspecified atom stereocenters. The van der Waals surface area contributed by atoms with E-state index >= 15 is 0 Å². The SMILES string of the molecule is O=C(O)C[C@H](NC(=O)OCc1ccccc1)c1sc(Cl)nc1Cl. The average Bonchev–Trinajstić information content (AvgIpc) is 2.84. The van der Waals surface area contributed by atoms with Crippen molar-refractivity contribution >= 4 is 46.6 Å². The van der Waals surface area contributed by atoms with Crippen molar-refractivity contribution in [2.75, 3.05) is 0 Å². The van der Waals surface area contributed by atoms with E-state index < -0.39 is 18.1 Å². The van der Waals surface area contributed by atoms with E-state index in [1.165, 1.54) is 0 Å². The molecule has 0 bridgehead atoms. The molecule has 0 fully saturated rings. The van der Waals surface area contributed by atoms with Gasteiger partial charge >= 0.3 is 12.1 Å². The van der Waals surface area contributed by atoms with Crippen LogP contribution in [0.1, 0.15) is 22.9 Å². The summed E-state index contributed by atoms with van der Waals surface area (Å²) in [6.07, 6.45) is -1.11. The number of ether oxygens (including phenoxy) is 1. The summed E-state index contributed by atoms with van der Waals surface area (Å²) in [5.74, 6) is -1.10. The number of hydrogen-bond acceptors (Lipinski definition) is 5. The molecular formula is C14H12Cl2N2O4S. The van der Waals surface area contributed by atoms with Gasteiger partial charge in [-0.2, -0.15) is 0 Å². The maximum absolute atomic E-state index is 11.9. The van der Waals surface area contributed by atoms with Gasteiger partial charge in [0.15, 0.2) is 4.47 Å². The Bertz CT molecular complexity index is 693. The number of rotatable bonds is 6. The topological polar surface area (TPSA) is 88.5 Å². The molecule has 2 N–H and O–H groups in total. The molecule has 0 aliphatic rings. The molecule has 1 aromatic heterocycles. The van der Waals surface area contributed by atoms with Crippen LogP contribution in [0.3, 0.4) is 0 Å². The van der Waals surface area contributed by atoms with Gasteiger partial charge in [-0.15, -0.1) is 11.3 Å². The average molecular weight is 375 g/mol. The van der Waals surface area contributed by atoms with E-state index in [4.69, 9.17) is 33.0 Å². The van der Waals surface area contributed by atoms with Crippen molar-refractivity contribution in [1.82, 2.24) is 10.3 Å². The number of thiazole rings is 1. The van der Waals surface area contributed by atoms with E-state index in [9.17, 15) is 9.59 Å². The number of aliphatic carboxylic acids is 1. The first kappa shape index (κ1) is 17.5. The summed E-state index contributed by atoms with van der Waals surface area (Å²) in [6, 6.07) is 8.24. The molecule has 0 saturated heterocycles. The number of carbonyl (C=O) groups excluding carboxylic acids is 1. The van der Waals surface area contributed by atoms with E-state index in [0.29, 0.717) is 4.88 Å². The smallest absolute Gasteiger partial charge is 0.407 e. The number of alkyl carbamates (subject to hydrolysis) is 1. The standard InChI is InChI=1S/C14H12Cl2N2O4S/c15-12-11(23-13(16)18-12)9(6-10(19)20)17-14(21)22-7-8-4-2-1-3-5-8/h1-5,9H,6-7H2,(H,17,21)(H,19,20)/t9-/m0/s1. The van der Waals surface area contributed by atoms with E-state index in [1.807, 2.05) is 30.3 Å². The lowest BCUT2D eigenvalue weighted by molar-refractivity contribution is -0.137. The van der Waals surface area contributed by atoms with Crippen LogP contribution in [0.15, 0.2) is 30.3 Å². The summed E-state index contributed by atoms with van der Waals surface area (Å²) in [7, 11) is 0. The minimum atomic E-state index is -1.10. The quantitative estimate of drug-likeness (QED) is 0.800. The van der Waals surface area contributed by atoms with Gasteiger partial charge in [-0.25, -0.2) is 9.78 Å². The molecule has 2 rings (SSSR count). The molecule has 0 saturated carbocycles. The minimum absolute atomic E-state index is 0.0645. The van der Waals surface area contributed by atoms with Crippen LogP contribution in [0.25, 0.3) is 0 Å². The van der Waals surface area contributed by atoms with Gasteiger partial charge in [0.1, 0.15) is 11.8 Å². The molecule has 2 aromatic rings. The molecule has 1 aromatic carbocycles. The molecule has 0 aliphatic carbocycles.